The van der Waals surface area contributed by atoms with Gasteiger partial charge in [-0.1, -0.05) is 18.2 Å². The molecule has 2 aromatic carbocycles. The van der Waals surface area contributed by atoms with Crippen LogP contribution < -0.4 is 5.32 Å². The van der Waals surface area contributed by atoms with Crippen LogP contribution >= 0.6 is 15.9 Å². The van der Waals surface area contributed by atoms with Crippen molar-refractivity contribution in [1.29, 1.82) is 0 Å². The first-order chi connectivity index (χ1) is 9.47. The van der Waals surface area contributed by atoms with Gasteiger partial charge in [0, 0.05) is 11.7 Å². The molecule has 0 radical (unpaired) electrons. The van der Waals surface area contributed by atoms with Crippen LogP contribution in [0.5, 0.6) is 0 Å². The summed E-state index contributed by atoms with van der Waals surface area (Å²) < 4.78 is 27.6. The van der Waals surface area contributed by atoms with E-state index in [-0.39, 0.29) is 17.7 Å². The van der Waals surface area contributed by atoms with Gasteiger partial charge in [-0.3, -0.25) is 0 Å². The van der Waals surface area contributed by atoms with Crippen LogP contribution in [0.2, 0.25) is 0 Å². The van der Waals surface area contributed by atoms with Crippen LogP contribution in [0.15, 0.2) is 40.9 Å². The van der Waals surface area contributed by atoms with E-state index in [1.54, 1.807) is 18.2 Å². The molecule has 106 valence electrons. The summed E-state index contributed by atoms with van der Waals surface area (Å²) in [5.74, 6) is -0.518. The Morgan fingerprint density at radius 1 is 1.15 bits per heavy atom. The lowest BCUT2D eigenvalue weighted by molar-refractivity contribution is 0.600. The Balaban J connectivity index is 2.11. The summed E-state index contributed by atoms with van der Waals surface area (Å²) in [6.45, 7) is 3.86. The van der Waals surface area contributed by atoms with Gasteiger partial charge in [-0.25, -0.2) is 8.78 Å². The molecule has 0 amide bonds. The highest BCUT2D eigenvalue weighted by Gasteiger charge is 2.10. The zero-order chi connectivity index (χ0) is 14.7. The molecule has 0 spiro atoms. The van der Waals surface area contributed by atoms with E-state index in [0.717, 1.165) is 11.3 Å². The second kappa shape index (κ2) is 6.35. The van der Waals surface area contributed by atoms with Crippen molar-refractivity contribution in [3.05, 3.63) is 63.6 Å². The molecule has 0 aliphatic carbocycles. The Morgan fingerprint density at radius 3 is 2.55 bits per heavy atom. The number of hydrogen-bond acceptors (Lipinski definition) is 1. The molecule has 1 N–H and O–H groups in total. The first-order valence-electron chi connectivity index (χ1n) is 6.43. The van der Waals surface area contributed by atoms with Gasteiger partial charge in [0.2, 0.25) is 0 Å². The van der Waals surface area contributed by atoms with Crippen LogP contribution in [0.1, 0.15) is 18.1 Å². The summed E-state index contributed by atoms with van der Waals surface area (Å²) in [6, 6.07) is 9.90. The van der Waals surface area contributed by atoms with E-state index in [4.69, 9.17) is 0 Å². The fourth-order valence-electron chi connectivity index (χ4n) is 2.11. The molecule has 0 heterocycles. The van der Waals surface area contributed by atoms with Gasteiger partial charge in [-0.15, -0.1) is 0 Å². The molecule has 4 heteroatoms. The third-order valence-corrected chi connectivity index (χ3v) is 3.76. The van der Waals surface area contributed by atoms with Crippen molar-refractivity contribution in [2.45, 2.75) is 26.3 Å². The van der Waals surface area contributed by atoms with E-state index in [9.17, 15) is 8.78 Å². The highest BCUT2D eigenvalue weighted by molar-refractivity contribution is 9.10. The Morgan fingerprint density at radius 2 is 1.85 bits per heavy atom. The SMILES string of the molecule is Cc1cc(Br)c(F)cc1NC(C)Cc1ccccc1F. The van der Waals surface area contributed by atoms with Crippen molar-refractivity contribution in [3.63, 3.8) is 0 Å². The van der Waals surface area contributed by atoms with Gasteiger partial charge >= 0.3 is 0 Å². The monoisotopic (exact) mass is 339 g/mol. The number of aryl methyl sites for hydroxylation is 1. The van der Waals surface area contributed by atoms with Gasteiger partial charge in [0.05, 0.1) is 4.47 Å². The summed E-state index contributed by atoms with van der Waals surface area (Å²) in [5, 5.41) is 3.23. The number of benzene rings is 2. The highest BCUT2D eigenvalue weighted by atomic mass is 79.9. The molecule has 0 bridgehead atoms. The van der Waals surface area contributed by atoms with Crippen molar-refractivity contribution in [3.8, 4) is 0 Å². The fraction of sp³-hybridized carbons (Fsp3) is 0.250. The molecule has 0 aromatic heterocycles. The maximum absolute atomic E-state index is 13.6. The summed E-state index contributed by atoms with van der Waals surface area (Å²) in [4.78, 5) is 0. The third-order valence-electron chi connectivity index (χ3n) is 3.15. The quantitative estimate of drug-likeness (QED) is 0.819. The van der Waals surface area contributed by atoms with Crippen LogP contribution in [0, 0.1) is 18.6 Å². The molecule has 2 rings (SSSR count). The average molecular weight is 340 g/mol. The molecule has 0 aliphatic heterocycles. The summed E-state index contributed by atoms with van der Waals surface area (Å²) in [5.41, 5.74) is 2.33. The molecular formula is C16H16BrF2N. The van der Waals surface area contributed by atoms with Gasteiger partial charge < -0.3 is 5.32 Å². The Labute approximate surface area is 126 Å². The second-order valence-electron chi connectivity index (χ2n) is 4.92. The minimum Gasteiger partial charge on any atom is -0.382 e. The molecule has 1 atom stereocenters. The van der Waals surface area contributed by atoms with E-state index in [1.165, 1.54) is 12.1 Å². The number of anilines is 1. The second-order valence-corrected chi connectivity index (χ2v) is 5.78. The van der Waals surface area contributed by atoms with Crippen molar-refractivity contribution < 1.29 is 8.78 Å². The molecule has 0 fully saturated rings. The van der Waals surface area contributed by atoms with Gasteiger partial charge in [0.1, 0.15) is 11.6 Å². The zero-order valence-electron chi connectivity index (χ0n) is 11.4. The van der Waals surface area contributed by atoms with Crippen LogP contribution in [-0.2, 0) is 6.42 Å². The first-order valence-corrected chi connectivity index (χ1v) is 7.22. The lowest BCUT2D eigenvalue weighted by Gasteiger charge is -2.18. The average Bonchev–Trinajstić information content (AvgIpc) is 2.39. The van der Waals surface area contributed by atoms with Crippen LogP contribution in [0.25, 0.3) is 0 Å². The maximum atomic E-state index is 13.6. The summed E-state index contributed by atoms with van der Waals surface area (Å²) in [7, 11) is 0. The van der Waals surface area contributed by atoms with Crippen LogP contribution in [0.3, 0.4) is 0 Å². The first kappa shape index (κ1) is 15.0. The summed E-state index contributed by atoms with van der Waals surface area (Å²) >= 11 is 3.16. The number of halogens is 3. The van der Waals surface area contributed by atoms with Gasteiger partial charge in [0.25, 0.3) is 0 Å². The van der Waals surface area contributed by atoms with Crippen LogP contribution in [0.4, 0.5) is 14.5 Å². The largest absolute Gasteiger partial charge is 0.382 e. The molecule has 0 aliphatic rings. The molecule has 2 aromatic rings. The van der Waals surface area contributed by atoms with Crippen molar-refractivity contribution in [2.75, 3.05) is 5.32 Å². The normalized spacial score (nSPS) is 12.2. The number of hydrogen-bond donors (Lipinski definition) is 1. The zero-order valence-corrected chi connectivity index (χ0v) is 13.0. The molecular weight excluding hydrogens is 324 g/mol. The van der Waals surface area contributed by atoms with E-state index >= 15 is 0 Å². The fourth-order valence-corrected chi connectivity index (χ4v) is 2.57. The van der Waals surface area contributed by atoms with Crippen molar-refractivity contribution in [1.82, 2.24) is 0 Å². The lowest BCUT2D eigenvalue weighted by atomic mass is 10.1. The predicted molar refractivity (Wildman–Crippen MR) is 82.0 cm³/mol. The van der Waals surface area contributed by atoms with Crippen molar-refractivity contribution >= 4 is 21.6 Å². The Bertz CT molecular complexity index is 613. The molecule has 1 nitrogen and oxygen atoms in total. The molecule has 20 heavy (non-hydrogen) atoms. The third kappa shape index (κ3) is 3.57. The number of nitrogens with one attached hydrogen (secondary N) is 1. The minimum absolute atomic E-state index is 0.00572. The Kier molecular flexibility index (Phi) is 4.76. The van der Waals surface area contributed by atoms with Crippen molar-refractivity contribution in [2.24, 2.45) is 0 Å². The van der Waals surface area contributed by atoms with Gasteiger partial charge in [-0.2, -0.15) is 0 Å². The predicted octanol–water partition coefficient (Wildman–Crippen LogP) is 5.08. The Hall–Kier alpha value is -1.42. The maximum Gasteiger partial charge on any atom is 0.139 e. The van der Waals surface area contributed by atoms with E-state index in [2.05, 4.69) is 21.2 Å². The molecule has 0 saturated heterocycles. The van der Waals surface area contributed by atoms with Gasteiger partial charge in [-0.05, 0) is 65.5 Å². The van der Waals surface area contributed by atoms with Crippen LogP contribution in [-0.4, -0.2) is 6.04 Å². The molecule has 0 saturated carbocycles. The van der Waals surface area contributed by atoms with E-state index in [0.29, 0.717) is 16.5 Å². The molecule has 1 unspecified atom stereocenters. The topological polar surface area (TPSA) is 12.0 Å². The van der Waals surface area contributed by atoms with Gasteiger partial charge in [0.15, 0.2) is 0 Å². The highest BCUT2D eigenvalue weighted by Crippen LogP contribution is 2.25. The minimum atomic E-state index is -0.309. The smallest absolute Gasteiger partial charge is 0.139 e. The summed E-state index contributed by atoms with van der Waals surface area (Å²) in [6.07, 6.45) is 0.545. The van der Waals surface area contributed by atoms with E-state index in [1.807, 2.05) is 19.9 Å². The number of rotatable bonds is 4. The lowest BCUT2D eigenvalue weighted by Crippen LogP contribution is -2.19. The standard InChI is InChI=1S/C16H16BrF2N/c1-10-7-13(17)15(19)9-16(10)20-11(2)8-12-5-3-4-6-14(12)18/h3-7,9,11,20H,8H2,1-2H3. The van der Waals surface area contributed by atoms with E-state index < -0.39 is 0 Å².